The molecule has 1 heterocycles. The van der Waals surface area contributed by atoms with Crippen LogP contribution in [0, 0.1) is 0 Å². The van der Waals surface area contributed by atoms with Gasteiger partial charge in [-0.2, -0.15) is 0 Å². The Labute approximate surface area is 160 Å². The number of nitrogens with zero attached hydrogens (tertiary/aromatic N) is 1. The minimum atomic E-state index is -0.551. The third-order valence-corrected chi connectivity index (χ3v) is 4.32. The second-order valence-corrected chi connectivity index (χ2v) is 6.69. The van der Waals surface area contributed by atoms with Crippen LogP contribution in [-0.2, 0) is 17.9 Å². The first-order valence-electron chi connectivity index (χ1n) is 9.10. The van der Waals surface area contributed by atoms with Gasteiger partial charge in [-0.1, -0.05) is 18.2 Å². The molecule has 0 radical (unpaired) electrons. The number of benzene rings is 2. The van der Waals surface area contributed by atoms with E-state index in [0.717, 1.165) is 28.4 Å². The quantitative estimate of drug-likeness (QED) is 0.729. The van der Waals surface area contributed by atoms with E-state index in [4.69, 9.17) is 18.9 Å². The van der Waals surface area contributed by atoms with Crippen LogP contribution < -0.4 is 14.2 Å². The molecule has 6 nitrogen and oxygen atoms in total. The van der Waals surface area contributed by atoms with Gasteiger partial charge in [0.1, 0.15) is 19.0 Å². The lowest BCUT2D eigenvalue weighted by Crippen LogP contribution is -2.31. The van der Waals surface area contributed by atoms with Crippen molar-refractivity contribution in [2.45, 2.75) is 19.3 Å². The number of likely N-dealkylation sites (N-methyl/N-ethyl adjacent to an activating group) is 1. The molecule has 27 heavy (non-hydrogen) atoms. The third-order valence-electron chi connectivity index (χ3n) is 4.32. The lowest BCUT2D eigenvalue weighted by Gasteiger charge is -2.22. The largest absolute Gasteiger partial charge is 0.497 e. The predicted molar refractivity (Wildman–Crippen MR) is 102 cm³/mol. The summed E-state index contributed by atoms with van der Waals surface area (Å²) in [6.07, 6.45) is -0.551. The second-order valence-electron chi connectivity index (χ2n) is 6.69. The van der Waals surface area contributed by atoms with E-state index >= 15 is 0 Å². The molecule has 0 spiro atoms. The van der Waals surface area contributed by atoms with Gasteiger partial charge in [-0.3, -0.25) is 4.90 Å². The molecule has 0 fully saturated rings. The molecule has 0 saturated carbocycles. The van der Waals surface area contributed by atoms with Crippen LogP contribution >= 0.6 is 0 Å². The topological polar surface area (TPSA) is 60.4 Å². The first kappa shape index (κ1) is 19.5. The number of ether oxygens (including phenoxy) is 4. The Morgan fingerprint density at radius 1 is 1.04 bits per heavy atom. The molecule has 6 heteroatoms. The standard InChI is InChI=1S/C21H27NO5/c1-22(12-17-5-8-20-21(11-17)27-10-9-26-20)13-18(23)15-25-14-16-3-6-19(24-2)7-4-16/h3-8,11,18,23H,9-10,12-15H2,1-2H3/t18-/m0/s1. The molecule has 1 aliphatic heterocycles. The molecule has 2 aromatic carbocycles. The molecule has 1 atom stereocenters. The fourth-order valence-electron chi connectivity index (χ4n) is 3.01. The van der Waals surface area contributed by atoms with Crippen LogP contribution in [0.3, 0.4) is 0 Å². The van der Waals surface area contributed by atoms with E-state index in [1.54, 1.807) is 7.11 Å². The minimum Gasteiger partial charge on any atom is -0.497 e. The van der Waals surface area contributed by atoms with E-state index in [2.05, 4.69) is 4.90 Å². The highest BCUT2D eigenvalue weighted by molar-refractivity contribution is 5.43. The number of aliphatic hydroxyl groups excluding tert-OH is 1. The third kappa shape index (κ3) is 5.85. The van der Waals surface area contributed by atoms with E-state index < -0.39 is 6.10 Å². The zero-order valence-electron chi connectivity index (χ0n) is 15.9. The maximum Gasteiger partial charge on any atom is 0.161 e. The van der Waals surface area contributed by atoms with Crippen molar-refractivity contribution in [2.24, 2.45) is 0 Å². The number of methoxy groups -OCH3 is 1. The van der Waals surface area contributed by atoms with Crippen molar-refractivity contribution in [3.8, 4) is 17.2 Å². The monoisotopic (exact) mass is 373 g/mol. The van der Waals surface area contributed by atoms with Crippen molar-refractivity contribution >= 4 is 0 Å². The molecule has 2 aromatic rings. The Hall–Kier alpha value is -2.28. The summed E-state index contributed by atoms with van der Waals surface area (Å²) in [5, 5.41) is 10.2. The van der Waals surface area contributed by atoms with Gasteiger partial charge in [-0.25, -0.2) is 0 Å². The number of hydrogen-bond donors (Lipinski definition) is 1. The van der Waals surface area contributed by atoms with Gasteiger partial charge in [0.15, 0.2) is 11.5 Å². The summed E-state index contributed by atoms with van der Waals surface area (Å²) in [4.78, 5) is 2.06. The summed E-state index contributed by atoms with van der Waals surface area (Å²) in [7, 11) is 3.62. The Morgan fingerprint density at radius 2 is 1.74 bits per heavy atom. The number of aliphatic hydroxyl groups is 1. The summed E-state index contributed by atoms with van der Waals surface area (Å²) >= 11 is 0. The molecule has 3 rings (SSSR count). The highest BCUT2D eigenvalue weighted by Crippen LogP contribution is 2.31. The summed E-state index contributed by atoms with van der Waals surface area (Å²) in [6, 6.07) is 13.7. The van der Waals surface area contributed by atoms with Crippen molar-refractivity contribution < 1.29 is 24.1 Å². The molecule has 0 saturated heterocycles. The van der Waals surface area contributed by atoms with E-state index in [1.165, 1.54) is 0 Å². The van der Waals surface area contributed by atoms with Gasteiger partial charge < -0.3 is 24.1 Å². The zero-order chi connectivity index (χ0) is 19.1. The maximum absolute atomic E-state index is 10.2. The van der Waals surface area contributed by atoms with Crippen molar-refractivity contribution in [3.63, 3.8) is 0 Å². The predicted octanol–water partition coefficient (Wildman–Crippen LogP) is 2.48. The molecular weight excluding hydrogens is 346 g/mol. The first-order valence-corrected chi connectivity index (χ1v) is 9.10. The lowest BCUT2D eigenvalue weighted by atomic mass is 10.1. The molecular formula is C21H27NO5. The fraction of sp³-hybridized carbons (Fsp3) is 0.429. The normalized spacial score (nSPS) is 14.2. The van der Waals surface area contributed by atoms with Crippen molar-refractivity contribution in [3.05, 3.63) is 53.6 Å². The Morgan fingerprint density at radius 3 is 2.48 bits per heavy atom. The molecule has 0 amide bonds. The van der Waals surface area contributed by atoms with Crippen LogP contribution in [0.15, 0.2) is 42.5 Å². The maximum atomic E-state index is 10.2. The van der Waals surface area contributed by atoms with Gasteiger partial charge >= 0.3 is 0 Å². The van der Waals surface area contributed by atoms with Gasteiger partial charge in [0, 0.05) is 13.1 Å². The molecule has 146 valence electrons. The summed E-state index contributed by atoms with van der Waals surface area (Å²) in [5.41, 5.74) is 2.17. The number of fused-ring (bicyclic) bond motifs is 1. The van der Waals surface area contributed by atoms with Gasteiger partial charge in [-0.15, -0.1) is 0 Å². The lowest BCUT2D eigenvalue weighted by molar-refractivity contribution is 0.0127. The zero-order valence-corrected chi connectivity index (χ0v) is 15.9. The second kappa shape index (κ2) is 9.60. The Kier molecular flexibility index (Phi) is 6.92. The van der Waals surface area contributed by atoms with Crippen molar-refractivity contribution in [2.75, 3.05) is 40.5 Å². The van der Waals surface area contributed by atoms with Gasteiger partial charge in [0.05, 0.1) is 26.4 Å². The highest BCUT2D eigenvalue weighted by Gasteiger charge is 2.14. The van der Waals surface area contributed by atoms with Crippen LogP contribution in [0.5, 0.6) is 17.2 Å². The Balaban J connectivity index is 1.40. The van der Waals surface area contributed by atoms with Crippen LogP contribution in [0.25, 0.3) is 0 Å². The first-order chi connectivity index (χ1) is 13.1. The van der Waals surface area contributed by atoms with Gasteiger partial charge in [-0.05, 0) is 42.4 Å². The van der Waals surface area contributed by atoms with E-state index in [-0.39, 0.29) is 6.61 Å². The van der Waals surface area contributed by atoms with Crippen LogP contribution in [0.4, 0.5) is 0 Å². The Bertz CT molecular complexity index is 719. The minimum absolute atomic E-state index is 0.289. The molecule has 0 unspecified atom stereocenters. The molecule has 0 aromatic heterocycles. The average Bonchev–Trinajstić information content (AvgIpc) is 2.68. The van der Waals surface area contributed by atoms with Crippen LogP contribution in [-0.4, -0.2) is 56.6 Å². The fourth-order valence-corrected chi connectivity index (χ4v) is 3.01. The summed E-state index contributed by atoms with van der Waals surface area (Å²) in [5.74, 6) is 2.40. The van der Waals surface area contributed by atoms with Gasteiger partial charge in [0.2, 0.25) is 0 Å². The average molecular weight is 373 g/mol. The smallest absolute Gasteiger partial charge is 0.161 e. The number of hydrogen-bond acceptors (Lipinski definition) is 6. The number of rotatable bonds is 9. The molecule has 0 bridgehead atoms. The summed E-state index contributed by atoms with van der Waals surface area (Å²) in [6.45, 7) is 3.17. The van der Waals surface area contributed by atoms with E-state index in [1.807, 2.05) is 49.5 Å². The van der Waals surface area contributed by atoms with Crippen LogP contribution in [0.1, 0.15) is 11.1 Å². The highest BCUT2D eigenvalue weighted by atomic mass is 16.6. The van der Waals surface area contributed by atoms with E-state index in [0.29, 0.717) is 32.9 Å². The molecule has 0 aliphatic carbocycles. The summed E-state index contributed by atoms with van der Waals surface area (Å²) < 4.78 is 21.9. The van der Waals surface area contributed by atoms with Gasteiger partial charge in [0.25, 0.3) is 0 Å². The van der Waals surface area contributed by atoms with Crippen LogP contribution in [0.2, 0.25) is 0 Å². The van der Waals surface area contributed by atoms with Crippen molar-refractivity contribution in [1.82, 2.24) is 4.90 Å². The molecule has 1 aliphatic rings. The van der Waals surface area contributed by atoms with Crippen molar-refractivity contribution in [1.29, 1.82) is 0 Å². The SMILES string of the molecule is COc1ccc(COC[C@@H](O)CN(C)Cc2ccc3c(c2)OCCO3)cc1. The molecule has 1 N–H and O–H groups in total. The van der Waals surface area contributed by atoms with E-state index in [9.17, 15) is 5.11 Å².